The van der Waals surface area contributed by atoms with Gasteiger partial charge in [0.25, 0.3) is 0 Å². The van der Waals surface area contributed by atoms with Crippen molar-refractivity contribution in [3.63, 3.8) is 0 Å². The van der Waals surface area contributed by atoms with Crippen LogP contribution in [0.3, 0.4) is 0 Å². The van der Waals surface area contributed by atoms with Gasteiger partial charge in [-0.2, -0.15) is 0 Å². The van der Waals surface area contributed by atoms with Gasteiger partial charge in [0.05, 0.1) is 22.1 Å². The zero-order valence-electron chi connectivity index (χ0n) is 38.1. The van der Waals surface area contributed by atoms with Gasteiger partial charge >= 0.3 is 0 Å². The molecule has 11 aromatic carbocycles. The number of nitrogens with zero attached hydrogens (tertiary/aromatic N) is 1. The fourth-order valence-corrected chi connectivity index (χ4v) is 16.8. The highest BCUT2D eigenvalue weighted by molar-refractivity contribution is 7.20. The molecule has 13 rings (SSSR count). The summed E-state index contributed by atoms with van der Waals surface area (Å²) < 4.78 is 2.61. The Morgan fingerprint density at radius 2 is 0.696 bits per heavy atom. The molecule has 69 heavy (non-hydrogen) atoms. The Bertz CT molecular complexity index is 3600. The summed E-state index contributed by atoms with van der Waals surface area (Å²) in [6.07, 6.45) is 0. The molecule has 0 N–H and O–H groups in total. The molecule has 324 valence electrons. The van der Waals surface area contributed by atoms with Gasteiger partial charge in [0.2, 0.25) is 0 Å². The van der Waals surface area contributed by atoms with Gasteiger partial charge < -0.3 is 4.57 Å². The number of fused-ring (bicyclic) bond motifs is 6. The number of aromatic nitrogens is 1. The van der Waals surface area contributed by atoms with Crippen LogP contribution in [0.5, 0.6) is 0 Å². The fourth-order valence-electron chi connectivity index (χ4n) is 12.0. The fraction of sp³-hybridized carbons (Fsp3) is 0.0149. The molecule has 0 bridgehead atoms. The van der Waals surface area contributed by atoms with Crippen LogP contribution in [-0.2, 0) is 5.41 Å². The molecule has 1 heterocycles. The Hall–Kier alpha value is -8.56. The molecule has 12 aromatic rings. The first-order chi connectivity index (χ1) is 34.3. The van der Waals surface area contributed by atoms with Crippen molar-refractivity contribution in [1.82, 2.24) is 4.57 Å². The van der Waals surface area contributed by atoms with E-state index < -0.39 is 13.5 Å². The second-order valence-electron chi connectivity index (χ2n) is 18.3. The predicted octanol–water partition coefficient (Wildman–Crippen LogP) is 13.9. The lowest BCUT2D eigenvalue weighted by atomic mass is 9.67. The van der Waals surface area contributed by atoms with Crippen molar-refractivity contribution in [3.8, 4) is 39.1 Å². The highest BCUT2D eigenvalue weighted by Gasteiger charge is 2.47. The highest BCUT2D eigenvalue weighted by Crippen LogP contribution is 2.57. The van der Waals surface area contributed by atoms with E-state index in [4.69, 9.17) is 0 Å². The molecule has 0 radical (unpaired) electrons. The zero-order chi connectivity index (χ0) is 45.8. The van der Waals surface area contributed by atoms with Crippen molar-refractivity contribution < 1.29 is 0 Å². The van der Waals surface area contributed by atoms with Crippen molar-refractivity contribution >= 4 is 50.6 Å². The second kappa shape index (κ2) is 16.6. The van der Waals surface area contributed by atoms with Crippen molar-refractivity contribution in [2.24, 2.45) is 0 Å². The highest BCUT2D eigenvalue weighted by atomic mass is 28.3. The molecule has 0 fully saturated rings. The largest absolute Gasteiger partial charge is 0.308 e. The van der Waals surface area contributed by atoms with Gasteiger partial charge in [-0.3, -0.25) is 0 Å². The topological polar surface area (TPSA) is 4.93 Å². The van der Waals surface area contributed by atoms with Crippen molar-refractivity contribution in [2.75, 3.05) is 0 Å². The van der Waals surface area contributed by atoms with E-state index in [1.54, 1.807) is 0 Å². The Balaban J connectivity index is 1.21. The Labute approximate surface area is 404 Å². The van der Waals surface area contributed by atoms with Gasteiger partial charge in [-0.15, -0.1) is 0 Å². The Morgan fingerprint density at radius 3 is 1.20 bits per heavy atom. The van der Waals surface area contributed by atoms with E-state index >= 15 is 0 Å². The molecule has 1 aromatic heterocycles. The molecule has 0 aliphatic heterocycles. The van der Waals surface area contributed by atoms with Crippen LogP contribution in [0.4, 0.5) is 0 Å². The van der Waals surface area contributed by atoms with Crippen molar-refractivity contribution in [3.05, 3.63) is 307 Å². The van der Waals surface area contributed by atoms with Crippen LogP contribution in [-0.4, -0.2) is 12.6 Å². The van der Waals surface area contributed by atoms with Crippen LogP contribution in [0, 0.1) is 0 Å². The van der Waals surface area contributed by atoms with E-state index in [-0.39, 0.29) is 0 Å². The molecule has 0 spiro atoms. The lowest BCUT2D eigenvalue weighted by molar-refractivity contribution is 0.769. The third-order valence-corrected chi connectivity index (χ3v) is 19.6. The Kier molecular flexibility index (Phi) is 9.81. The SMILES string of the molecule is c1ccc(-c2cc([Si](c3ccccc3)(c3ccccc3)c3ccccc3)cc(-c3ccccc3)c2-n2c3ccccc3c3cc4c(cc32)C(c2ccccc2)(c2ccccc2)c2ccccc2-4)cc1. The second-order valence-corrected chi connectivity index (χ2v) is 22.1. The van der Waals surface area contributed by atoms with Crippen molar-refractivity contribution in [2.45, 2.75) is 5.41 Å². The molecule has 0 saturated carbocycles. The molecular formula is C67H47NSi. The third-order valence-electron chi connectivity index (χ3n) is 14.8. The predicted molar refractivity (Wildman–Crippen MR) is 293 cm³/mol. The molecule has 0 unspecified atom stereocenters. The third kappa shape index (κ3) is 6.23. The zero-order valence-corrected chi connectivity index (χ0v) is 39.1. The first-order valence-corrected chi connectivity index (χ1v) is 26.0. The number of hydrogen-bond acceptors (Lipinski definition) is 0. The van der Waals surface area contributed by atoms with E-state index in [0.29, 0.717) is 0 Å². The van der Waals surface area contributed by atoms with Crippen LogP contribution >= 0.6 is 0 Å². The maximum Gasteiger partial charge on any atom is 0.179 e. The standard InChI is InChI=1S/C67H47NSi/c1-8-26-48(27-9-1)58-44-55(69(52-34-16-5-17-35-52,53-36-18-6-19-37-53)54-38-20-7-21-39-54)45-59(49-28-10-2-11-29-49)66(58)68-64-43-25-23-41-57(64)61-46-60-56-40-22-24-42-62(56)67(63(60)47-65(61)68,50-30-12-3-13-31-50)51-32-14-4-15-33-51/h1-47H. The first kappa shape index (κ1) is 40.7. The molecule has 0 atom stereocenters. The summed E-state index contributed by atoms with van der Waals surface area (Å²) in [6.45, 7) is 0. The molecule has 1 nitrogen and oxygen atoms in total. The summed E-state index contributed by atoms with van der Waals surface area (Å²) in [5, 5.41) is 7.83. The summed E-state index contributed by atoms with van der Waals surface area (Å²) in [7, 11) is -3.00. The molecule has 1 aliphatic rings. The normalized spacial score (nSPS) is 12.8. The van der Waals surface area contributed by atoms with Gasteiger partial charge in [-0.25, -0.2) is 0 Å². The van der Waals surface area contributed by atoms with E-state index in [0.717, 1.165) is 0 Å². The summed E-state index contributed by atoms with van der Waals surface area (Å²) in [6, 6.07) is 107. The summed E-state index contributed by atoms with van der Waals surface area (Å²) in [5.74, 6) is 0. The van der Waals surface area contributed by atoms with Crippen LogP contribution in [0.15, 0.2) is 285 Å². The lowest BCUT2D eigenvalue weighted by Crippen LogP contribution is -2.74. The number of benzene rings is 11. The number of hydrogen-bond donors (Lipinski definition) is 0. The van der Waals surface area contributed by atoms with Crippen LogP contribution in [0.1, 0.15) is 22.3 Å². The number of para-hydroxylation sites is 1. The maximum atomic E-state index is 2.61. The molecule has 1 aliphatic carbocycles. The average Bonchev–Trinajstić information content (AvgIpc) is 3.91. The Morgan fingerprint density at radius 1 is 0.275 bits per heavy atom. The summed E-state index contributed by atoms with van der Waals surface area (Å²) in [5.41, 5.74) is 15.4. The van der Waals surface area contributed by atoms with E-state index in [1.165, 1.54) is 104 Å². The monoisotopic (exact) mass is 893 g/mol. The maximum absolute atomic E-state index is 3.00. The van der Waals surface area contributed by atoms with Gasteiger partial charge in [-0.1, -0.05) is 267 Å². The van der Waals surface area contributed by atoms with E-state index in [2.05, 4.69) is 290 Å². The number of rotatable bonds is 9. The smallest absolute Gasteiger partial charge is 0.179 e. The van der Waals surface area contributed by atoms with E-state index in [9.17, 15) is 0 Å². The van der Waals surface area contributed by atoms with Gasteiger partial charge in [0.15, 0.2) is 8.07 Å². The van der Waals surface area contributed by atoms with Gasteiger partial charge in [-0.05, 0) is 83.5 Å². The van der Waals surface area contributed by atoms with E-state index in [1.807, 2.05) is 0 Å². The summed E-state index contributed by atoms with van der Waals surface area (Å²) >= 11 is 0. The first-order valence-electron chi connectivity index (χ1n) is 24.0. The quantitative estimate of drug-likeness (QED) is 0.100. The minimum Gasteiger partial charge on any atom is -0.308 e. The van der Waals surface area contributed by atoms with Gasteiger partial charge in [0.1, 0.15) is 0 Å². The average molecular weight is 894 g/mol. The molecule has 2 heteroatoms. The van der Waals surface area contributed by atoms with Crippen LogP contribution in [0.2, 0.25) is 0 Å². The van der Waals surface area contributed by atoms with Gasteiger partial charge in [0, 0.05) is 21.9 Å². The van der Waals surface area contributed by atoms with Crippen LogP contribution in [0.25, 0.3) is 60.9 Å². The van der Waals surface area contributed by atoms with Crippen molar-refractivity contribution in [1.29, 1.82) is 0 Å². The molecule has 0 amide bonds. The summed E-state index contributed by atoms with van der Waals surface area (Å²) in [4.78, 5) is 0. The lowest BCUT2D eigenvalue weighted by Gasteiger charge is -2.36. The molecular weight excluding hydrogens is 847 g/mol. The minimum absolute atomic E-state index is 0.551. The minimum atomic E-state index is -3.00. The molecule has 0 saturated heterocycles. The van der Waals surface area contributed by atoms with Crippen LogP contribution < -0.4 is 20.7 Å².